The van der Waals surface area contributed by atoms with Crippen LogP contribution in [0.2, 0.25) is 0 Å². The molecule has 7 nitrogen and oxygen atoms in total. The number of nitrogen functional groups attached to an aromatic ring is 1. The van der Waals surface area contributed by atoms with Crippen molar-refractivity contribution in [2.75, 3.05) is 24.7 Å². The van der Waals surface area contributed by atoms with Crippen molar-refractivity contribution >= 4 is 11.8 Å². The molecule has 0 saturated heterocycles. The molecule has 0 aromatic carbocycles. The minimum atomic E-state index is 0.321. The molecule has 2 aromatic heterocycles. The molecule has 0 aliphatic rings. The molecular weight excluding hydrogens is 208 g/mol. The van der Waals surface area contributed by atoms with Gasteiger partial charge in [0.1, 0.15) is 17.2 Å². The van der Waals surface area contributed by atoms with E-state index in [1.807, 2.05) is 14.1 Å². The van der Waals surface area contributed by atoms with Gasteiger partial charge in [0.2, 0.25) is 0 Å². The van der Waals surface area contributed by atoms with Gasteiger partial charge in [0.15, 0.2) is 0 Å². The van der Waals surface area contributed by atoms with Gasteiger partial charge in [0, 0.05) is 20.3 Å². The average Bonchev–Trinajstić information content (AvgIpc) is 2.66. The fourth-order valence-electron chi connectivity index (χ4n) is 1.16. The highest BCUT2D eigenvalue weighted by Crippen LogP contribution is 2.22. The Hall–Kier alpha value is -2.18. The highest BCUT2D eigenvalue weighted by molar-refractivity contribution is 5.66. The normalized spacial score (nSPS) is 10.4. The van der Waals surface area contributed by atoms with Crippen LogP contribution < -0.4 is 10.6 Å². The van der Waals surface area contributed by atoms with Crippen LogP contribution in [-0.2, 0) is 0 Å². The number of rotatable bonds is 2. The van der Waals surface area contributed by atoms with E-state index in [1.54, 1.807) is 18.0 Å². The second-order valence-corrected chi connectivity index (χ2v) is 3.51. The van der Waals surface area contributed by atoms with Crippen molar-refractivity contribution in [3.63, 3.8) is 0 Å². The minimum Gasteiger partial charge on any atom is -0.383 e. The number of nitrogens with two attached hydrogens (primary N) is 1. The van der Waals surface area contributed by atoms with E-state index in [9.17, 15) is 0 Å². The zero-order valence-corrected chi connectivity index (χ0v) is 9.30. The molecule has 2 aromatic rings. The molecule has 16 heavy (non-hydrogen) atoms. The Bertz CT molecular complexity index is 506. The summed E-state index contributed by atoms with van der Waals surface area (Å²) in [6, 6.07) is 0. The van der Waals surface area contributed by atoms with E-state index in [1.165, 1.54) is 0 Å². The smallest absolute Gasteiger partial charge is 0.265 e. The largest absolute Gasteiger partial charge is 0.383 e. The molecule has 2 N–H and O–H groups in total. The molecule has 7 heteroatoms. The summed E-state index contributed by atoms with van der Waals surface area (Å²) < 4.78 is 5.07. The van der Waals surface area contributed by atoms with Crippen LogP contribution in [0.15, 0.2) is 10.7 Å². The van der Waals surface area contributed by atoms with Gasteiger partial charge < -0.3 is 15.2 Å². The van der Waals surface area contributed by atoms with Crippen LogP contribution in [0.25, 0.3) is 11.5 Å². The van der Waals surface area contributed by atoms with Crippen LogP contribution in [0.3, 0.4) is 0 Å². The Labute approximate surface area is 92.3 Å². The van der Waals surface area contributed by atoms with Crippen molar-refractivity contribution in [3.8, 4) is 11.5 Å². The van der Waals surface area contributed by atoms with Crippen molar-refractivity contribution in [2.24, 2.45) is 0 Å². The van der Waals surface area contributed by atoms with Crippen LogP contribution in [0.5, 0.6) is 0 Å². The van der Waals surface area contributed by atoms with Crippen molar-refractivity contribution in [2.45, 2.75) is 6.92 Å². The highest BCUT2D eigenvalue weighted by Gasteiger charge is 2.14. The number of nitrogens with zero attached hydrogens (tertiary/aromatic N) is 5. The van der Waals surface area contributed by atoms with Crippen LogP contribution in [-0.4, -0.2) is 34.2 Å². The number of hydrogen-bond donors (Lipinski definition) is 1. The second-order valence-electron chi connectivity index (χ2n) is 3.51. The molecule has 2 rings (SSSR count). The predicted octanol–water partition coefficient (Wildman–Crippen LogP) is 0.483. The van der Waals surface area contributed by atoms with Gasteiger partial charge in [-0.1, -0.05) is 0 Å². The van der Waals surface area contributed by atoms with Crippen LogP contribution in [0, 0.1) is 6.92 Å². The molecule has 0 bridgehead atoms. The van der Waals surface area contributed by atoms with Crippen LogP contribution >= 0.6 is 0 Å². The third-order valence-electron chi connectivity index (χ3n) is 1.98. The third-order valence-corrected chi connectivity index (χ3v) is 1.98. The third kappa shape index (κ3) is 1.79. The fraction of sp³-hybridized carbons (Fsp3) is 0.333. The maximum atomic E-state index is 5.75. The molecule has 0 atom stereocenters. The number of anilines is 2. The maximum absolute atomic E-state index is 5.75. The summed E-state index contributed by atoms with van der Waals surface area (Å²) in [5.41, 5.74) is 6.29. The van der Waals surface area contributed by atoms with Gasteiger partial charge in [0.05, 0.1) is 0 Å². The molecule has 0 spiro atoms. The first-order valence-electron chi connectivity index (χ1n) is 4.68. The van der Waals surface area contributed by atoms with Gasteiger partial charge in [-0.05, 0) is 12.1 Å². The lowest BCUT2D eigenvalue weighted by molar-refractivity contribution is 0.430. The van der Waals surface area contributed by atoms with Gasteiger partial charge in [-0.15, -0.1) is 0 Å². The molecule has 0 saturated carbocycles. The lowest BCUT2D eigenvalue weighted by Gasteiger charge is -2.02. The SMILES string of the molecule is Cc1ncc(-c2nc(N(C)C)no2)c(N)n1. The van der Waals surface area contributed by atoms with E-state index in [2.05, 4.69) is 20.1 Å². The van der Waals surface area contributed by atoms with Crippen molar-refractivity contribution in [1.82, 2.24) is 20.1 Å². The Morgan fingerprint density at radius 3 is 2.62 bits per heavy atom. The highest BCUT2D eigenvalue weighted by atomic mass is 16.5. The first-order chi connectivity index (χ1) is 7.58. The molecule has 0 aliphatic heterocycles. The van der Waals surface area contributed by atoms with E-state index in [4.69, 9.17) is 10.3 Å². The second kappa shape index (κ2) is 3.76. The molecule has 0 fully saturated rings. The van der Waals surface area contributed by atoms with E-state index in [0.29, 0.717) is 29.0 Å². The number of aryl methyl sites for hydroxylation is 1. The van der Waals surface area contributed by atoms with Crippen molar-refractivity contribution in [3.05, 3.63) is 12.0 Å². The zero-order valence-electron chi connectivity index (χ0n) is 9.30. The average molecular weight is 220 g/mol. The summed E-state index contributed by atoms with van der Waals surface area (Å²) in [5, 5.41) is 3.78. The zero-order chi connectivity index (χ0) is 11.7. The van der Waals surface area contributed by atoms with Crippen LogP contribution in [0.1, 0.15) is 5.82 Å². The van der Waals surface area contributed by atoms with Crippen molar-refractivity contribution in [1.29, 1.82) is 0 Å². The standard InChI is InChI=1S/C9H12N6O/c1-5-11-4-6(7(10)12-5)8-13-9(14-16-8)15(2)3/h4H,1-3H3,(H2,10,11,12). The summed E-state index contributed by atoms with van der Waals surface area (Å²) in [7, 11) is 3.65. The van der Waals surface area contributed by atoms with Crippen molar-refractivity contribution < 1.29 is 4.52 Å². The summed E-state index contributed by atoms with van der Waals surface area (Å²) in [5.74, 6) is 1.74. The number of hydrogen-bond acceptors (Lipinski definition) is 7. The Balaban J connectivity index is 2.42. The lowest BCUT2D eigenvalue weighted by Crippen LogP contribution is -2.10. The molecular formula is C9H12N6O. The number of aromatic nitrogens is 4. The molecule has 2 heterocycles. The van der Waals surface area contributed by atoms with Gasteiger partial charge in [-0.25, -0.2) is 9.97 Å². The Morgan fingerprint density at radius 2 is 2.06 bits per heavy atom. The Kier molecular flexibility index (Phi) is 2.43. The molecule has 0 radical (unpaired) electrons. The Morgan fingerprint density at radius 1 is 1.31 bits per heavy atom. The topological polar surface area (TPSA) is 94.0 Å². The summed E-state index contributed by atoms with van der Waals surface area (Å²) in [6.45, 7) is 1.76. The minimum absolute atomic E-state index is 0.321. The first kappa shape index (κ1) is 10.3. The molecule has 0 unspecified atom stereocenters. The summed E-state index contributed by atoms with van der Waals surface area (Å²) >= 11 is 0. The predicted molar refractivity (Wildman–Crippen MR) is 58.8 cm³/mol. The van der Waals surface area contributed by atoms with Gasteiger partial charge in [-0.3, -0.25) is 0 Å². The maximum Gasteiger partial charge on any atom is 0.265 e. The van der Waals surface area contributed by atoms with E-state index in [-0.39, 0.29) is 0 Å². The molecule has 0 amide bonds. The first-order valence-corrected chi connectivity index (χ1v) is 4.68. The summed E-state index contributed by atoms with van der Waals surface area (Å²) in [6.07, 6.45) is 1.57. The lowest BCUT2D eigenvalue weighted by atomic mass is 10.3. The van der Waals surface area contributed by atoms with Gasteiger partial charge in [0.25, 0.3) is 11.8 Å². The fourth-order valence-corrected chi connectivity index (χ4v) is 1.16. The van der Waals surface area contributed by atoms with E-state index >= 15 is 0 Å². The molecule has 0 aliphatic carbocycles. The van der Waals surface area contributed by atoms with Gasteiger partial charge >= 0.3 is 0 Å². The monoisotopic (exact) mass is 220 g/mol. The van der Waals surface area contributed by atoms with E-state index in [0.717, 1.165) is 0 Å². The quantitative estimate of drug-likeness (QED) is 0.786. The van der Waals surface area contributed by atoms with Crippen LogP contribution in [0.4, 0.5) is 11.8 Å². The summed E-state index contributed by atoms with van der Waals surface area (Å²) in [4.78, 5) is 14.0. The van der Waals surface area contributed by atoms with Gasteiger partial charge in [-0.2, -0.15) is 4.98 Å². The molecule has 84 valence electrons. The van der Waals surface area contributed by atoms with E-state index < -0.39 is 0 Å².